The first-order valence-electron chi connectivity index (χ1n) is 16.5. The summed E-state index contributed by atoms with van der Waals surface area (Å²) in [4.78, 5) is 0. The van der Waals surface area contributed by atoms with E-state index in [4.69, 9.17) is 4.42 Å². The summed E-state index contributed by atoms with van der Waals surface area (Å²) in [6.45, 7) is 2.13. The Morgan fingerprint density at radius 1 is 0.408 bits per heavy atom. The van der Waals surface area contributed by atoms with Gasteiger partial charge in [0.15, 0.2) is 0 Å². The predicted octanol–water partition coefficient (Wildman–Crippen LogP) is 11.8. The van der Waals surface area contributed by atoms with Gasteiger partial charge in [-0.1, -0.05) is 121 Å². The van der Waals surface area contributed by atoms with E-state index in [2.05, 4.69) is 161 Å². The van der Waals surface area contributed by atoms with Gasteiger partial charge in [-0.2, -0.15) is 0 Å². The molecule has 0 bridgehead atoms. The quantitative estimate of drug-likeness (QED) is 0.184. The lowest BCUT2D eigenvalue weighted by Crippen LogP contribution is -1.93. The third kappa shape index (κ3) is 5.11. The molecule has 0 amide bonds. The number of hydrogen-bond donors (Lipinski definition) is 0. The number of fused-ring (bicyclic) bond motifs is 3. The van der Waals surface area contributed by atoms with E-state index >= 15 is 0 Å². The average molecular weight is 630 g/mol. The number of para-hydroxylation sites is 1. The summed E-state index contributed by atoms with van der Waals surface area (Å²) in [7, 11) is 0. The zero-order valence-electron chi connectivity index (χ0n) is 26.9. The zero-order valence-corrected chi connectivity index (χ0v) is 26.9. The molecule has 0 saturated carbocycles. The highest BCUT2D eigenvalue weighted by Crippen LogP contribution is 2.41. The molecule has 0 unspecified atom stereocenters. The largest absolute Gasteiger partial charge is 0.416 e. The topological polar surface area (TPSA) is 43.9 Å². The molecule has 9 aromatic rings. The van der Waals surface area contributed by atoms with Crippen molar-refractivity contribution in [3.8, 4) is 62.0 Å². The van der Waals surface area contributed by atoms with Crippen molar-refractivity contribution in [1.82, 2.24) is 14.8 Å². The number of benzene rings is 7. The lowest BCUT2D eigenvalue weighted by Gasteiger charge is -2.15. The van der Waals surface area contributed by atoms with Gasteiger partial charge >= 0.3 is 0 Å². The van der Waals surface area contributed by atoms with Gasteiger partial charge in [-0.15, -0.1) is 10.2 Å². The number of hydrogen-bond acceptors (Lipinski definition) is 3. The van der Waals surface area contributed by atoms with Gasteiger partial charge in [0.1, 0.15) is 0 Å². The Kier molecular flexibility index (Phi) is 6.98. The maximum atomic E-state index is 6.02. The van der Waals surface area contributed by atoms with Crippen molar-refractivity contribution in [2.24, 2.45) is 0 Å². The molecule has 9 rings (SSSR count). The third-order valence-electron chi connectivity index (χ3n) is 9.31. The highest BCUT2D eigenvalue weighted by molar-refractivity contribution is 6.11. The van der Waals surface area contributed by atoms with Gasteiger partial charge in [0.2, 0.25) is 11.8 Å². The van der Waals surface area contributed by atoms with E-state index in [-0.39, 0.29) is 0 Å². The Bertz CT molecular complexity index is 2590. The molecule has 0 atom stereocenters. The van der Waals surface area contributed by atoms with Gasteiger partial charge in [-0.25, -0.2) is 0 Å². The van der Waals surface area contributed by atoms with Crippen LogP contribution in [0.1, 0.15) is 5.56 Å². The number of aromatic nitrogens is 3. The zero-order chi connectivity index (χ0) is 32.7. The average Bonchev–Trinajstić information content (AvgIpc) is 3.79. The predicted molar refractivity (Wildman–Crippen MR) is 201 cm³/mol. The molecular formula is C45H31N3O. The lowest BCUT2D eigenvalue weighted by molar-refractivity contribution is 0.584. The van der Waals surface area contributed by atoms with Gasteiger partial charge in [-0.3, -0.25) is 0 Å². The van der Waals surface area contributed by atoms with Gasteiger partial charge in [0.05, 0.1) is 11.0 Å². The summed E-state index contributed by atoms with van der Waals surface area (Å²) < 4.78 is 8.39. The van der Waals surface area contributed by atoms with Crippen molar-refractivity contribution in [1.29, 1.82) is 0 Å². The fraction of sp³-hybridized carbons (Fsp3) is 0.0222. The summed E-state index contributed by atoms with van der Waals surface area (Å²) in [5.41, 5.74) is 13.6. The maximum Gasteiger partial charge on any atom is 0.248 e. The van der Waals surface area contributed by atoms with Crippen LogP contribution in [0.15, 0.2) is 174 Å². The summed E-state index contributed by atoms with van der Waals surface area (Å²) in [6.07, 6.45) is 0. The smallest absolute Gasteiger partial charge is 0.248 e. The fourth-order valence-corrected chi connectivity index (χ4v) is 6.88. The molecule has 0 saturated heterocycles. The van der Waals surface area contributed by atoms with Crippen molar-refractivity contribution >= 4 is 21.8 Å². The Morgan fingerprint density at radius 2 is 0.918 bits per heavy atom. The van der Waals surface area contributed by atoms with Crippen LogP contribution in [0.2, 0.25) is 0 Å². The van der Waals surface area contributed by atoms with Gasteiger partial charge < -0.3 is 8.98 Å². The van der Waals surface area contributed by atoms with E-state index in [0.29, 0.717) is 11.8 Å². The molecule has 0 aliphatic carbocycles. The van der Waals surface area contributed by atoms with Crippen LogP contribution in [0.5, 0.6) is 0 Å². The van der Waals surface area contributed by atoms with Crippen LogP contribution in [-0.2, 0) is 0 Å². The highest BCUT2D eigenvalue weighted by atomic mass is 16.4. The number of rotatable bonds is 6. The van der Waals surface area contributed by atoms with E-state index in [1.54, 1.807) is 0 Å². The van der Waals surface area contributed by atoms with Crippen molar-refractivity contribution < 1.29 is 4.42 Å². The Hall–Kier alpha value is -6.52. The number of aryl methyl sites for hydroxylation is 1. The third-order valence-corrected chi connectivity index (χ3v) is 9.31. The minimum atomic E-state index is 0.503. The van der Waals surface area contributed by atoms with Crippen LogP contribution in [0.25, 0.3) is 83.8 Å². The van der Waals surface area contributed by atoms with E-state index in [1.165, 1.54) is 55.3 Å². The molecule has 2 aromatic heterocycles. The standard InChI is InChI=1S/C45H31N3O/c1-30-19-26-35(27-20-30)48-42-18-10-9-17-40(42)41-29-34(25-28-43(41)48)37-14-6-8-16-39(37)38-15-7-5-13-36(38)31-21-23-33(24-22-31)45-47-46-44(49-45)32-11-3-2-4-12-32/h2-29H,1H3. The molecule has 2 heterocycles. The molecule has 4 heteroatoms. The van der Waals surface area contributed by atoms with Crippen LogP contribution in [0.4, 0.5) is 0 Å². The van der Waals surface area contributed by atoms with Crippen molar-refractivity contribution in [2.75, 3.05) is 0 Å². The minimum Gasteiger partial charge on any atom is -0.416 e. The van der Waals surface area contributed by atoms with E-state index in [0.717, 1.165) is 22.3 Å². The lowest BCUT2D eigenvalue weighted by atomic mass is 9.89. The molecular weight excluding hydrogens is 599 g/mol. The molecule has 0 radical (unpaired) electrons. The van der Waals surface area contributed by atoms with Crippen LogP contribution < -0.4 is 0 Å². The molecule has 4 nitrogen and oxygen atoms in total. The first-order chi connectivity index (χ1) is 24.2. The van der Waals surface area contributed by atoms with Crippen LogP contribution >= 0.6 is 0 Å². The number of nitrogens with zero attached hydrogens (tertiary/aromatic N) is 3. The van der Waals surface area contributed by atoms with Crippen LogP contribution in [-0.4, -0.2) is 14.8 Å². The van der Waals surface area contributed by atoms with Gasteiger partial charge in [0.25, 0.3) is 0 Å². The second-order valence-corrected chi connectivity index (χ2v) is 12.4. The van der Waals surface area contributed by atoms with Crippen molar-refractivity contribution in [3.63, 3.8) is 0 Å². The van der Waals surface area contributed by atoms with Gasteiger partial charge in [-0.05, 0) is 94.9 Å². The van der Waals surface area contributed by atoms with Gasteiger partial charge in [0, 0.05) is 27.6 Å². The molecule has 49 heavy (non-hydrogen) atoms. The Balaban J connectivity index is 1.11. The normalized spacial score (nSPS) is 11.4. The molecule has 0 fully saturated rings. The molecule has 232 valence electrons. The summed E-state index contributed by atoms with van der Waals surface area (Å²) in [5, 5.41) is 11.1. The second-order valence-electron chi connectivity index (χ2n) is 12.4. The monoisotopic (exact) mass is 629 g/mol. The van der Waals surface area contributed by atoms with Crippen molar-refractivity contribution in [3.05, 3.63) is 175 Å². The summed E-state index contributed by atoms with van der Waals surface area (Å²) in [5.74, 6) is 1.02. The summed E-state index contributed by atoms with van der Waals surface area (Å²) >= 11 is 0. The first-order valence-corrected chi connectivity index (χ1v) is 16.5. The molecule has 0 aliphatic rings. The SMILES string of the molecule is Cc1ccc(-n2c3ccccc3c3cc(-c4ccccc4-c4ccccc4-c4ccc(-c5nnc(-c6ccccc6)o5)cc4)ccc32)cc1. The van der Waals surface area contributed by atoms with E-state index in [9.17, 15) is 0 Å². The minimum absolute atomic E-state index is 0.503. The maximum absolute atomic E-state index is 6.02. The van der Waals surface area contributed by atoms with Crippen molar-refractivity contribution in [2.45, 2.75) is 6.92 Å². The Morgan fingerprint density at radius 3 is 1.61 bits per heavy atom. The van der Waals surface area contributed by atoms with Crippen LogP contribution in [0, 0.1) is 6.92 Å². The second kappa shape index (κ2) is 11.9. The molecule has 0 spiro atoms. The van der Waals surface area contributed by atoms with Crippen LogP contribution in [0.3, 0.4) is 0 Å². The summed E-state index contributed by atoms with van der Waals surface area (Å²) in [6, 6.07) is 59.9. The molecule has 0 N–H and O–H groups in total. The van der Waals surface area contributed by atoms with E-state index in [1.807, 2.05) is 30.3 Å². The fourth-order valence-electron chi connectivity index (χ4n) is 6.88. The molecule has 7 aromatic carbocycles. The van der Waals surface area contributed by atoms with E-state index < -0.39 is 0 Å². The molecule has 0 aliphatic heterocycles. The first kappa shape index (κ1) is 28.7. The highest BCUT2D eigenvalue weighted by Gasteiger charge is 2.17. The Labute approximate surface area is 284 Å².